The molecule has 0 fully saturated rings. The van der Waals surface area contributed by atoms with Crippen molar-refractivity contribution < 1.29 is 4.42 Å². The van der Waals surface area contributed by atoms with Crippen molar-refractivity contribution in [2.75, 3.05) is 0 Å². The molecule has 2 aromatic carbocycles. The van der Waals surface area contributed by atoms with Crippen molar-refractivity contribution in [2.24, 2.45) is 0 Å². The number of hydrogen-bond acceptors (Lipinski definition) is 2. The third kappa shape index (κ3) is 3.30. The van der Waals surface area contributed by atoms with E-state index < -0.39 is 0 Å². The second-order valence-electron chi connectivity index (χ2n) is 5.35. The van der Waals surface area contributed by atoms with Gasteiger partial charge in [0.2, 0.25) is 0 Å². The summed E-state index contributed by atoms with van der Waals surface area (Å²) in [5, 5.41) is 4.75. The fourth-order valence-corrected chi connectivity index (χ4v) is 2.88. The van der Waals surface area contributed by atoms with Crippen LogP contribution >= 0.6 is 22.6 Å². The summed E-state index contributed by atoms with van der Waals surface area (Å²) in [6, 6.07) is 19.3. The third-order valence-corrected chi connectivity index (χ3v) is 4.46. The van der Waals surface area contributed by atoms with Gasteiger partial charge in [0, 0.05) is 15.0 Å². The molecule has 0 amide bonds. The SMILES string of the molecule is CC(NC(C)c1cc2ccccc2o1)c1ccc(I)cc1. The molecule has 1 N–H and O–H groups in total. The van der Waals surface area contributed by atoms with E-state index in [0.29, 0.717) is 0 Å². The van der Waals surface area contributed by atoms with Crippen molar-refractivity contribution in [1.82, 2.24) is 5.32 Å². The Morgan fingerprint density at radius 1 is 0.952 bits per heavy atom. The van der Waals surface area contributed by atoms with Crippen LogP contribution in [0, 0.1) is 3.57 Å². The molecule has 0 saturated heterocycles. The highest BCUT2D eigenvalue weighted by Gasteiger charge is 2.14. The number of benzene rings is 2. The van der Waals surface area contributed by atoms with Gasteiger partial charge in [0.05, 0.1) is 6.04 Å². The molecule has 3 aromatic rings. The van der Waals surface area contributed by atoms with Crippen LogP contribution in [0.15, 0.2) is 59.0 Å². The summed E-state index contributed by atoms with van der Waals surface area (Å²) in [4.78, 5) is 0. The minimum atomic E-state index is 0.173. The van der Waals surface area contributed by atoms with Gasteiger partial charge in [-0.1, -0.05) is 30.3 Å². The van der Waals surface area contributed by atoms with Crippen LogP contribution in [0.1, 0.15) is 37.3 Å². The maximum absolute atomic E-state index is 5.92. The van der Waals surface area contributed by atoms with Crippen LogP contribution < -0.4 is 5.32 Å². The summed E-state index contributed by atoms with van der Waals surface area (Å²) >= 11 is 2.33. The van der Waals surface area contributed by atoms with Gasteiger partial charge in [-0.3, -0.25) is 0 Å². The van der Waals surface area contributed by atoms with E-state index in [-0.39, 0.29) is 12.1 Å². The van der Waals surface area contributed by atoms with Crippen molar-refractivity contribution in [3.05, 3.63) is 69.5 Å². The Morgan fingerprint density at radius 3 is 2.38 bits per heavy atom. The highest BCUT2D eigenvalue weighted by molar-refractivity contribution is 14.1. The molecule has 0 saturated carbocycles. The van der Waals surface area contributed by atoms with E-state index in [2.05, 4.69) is 78.2 Å². The first kappa shape index (κ1) is 14.6. The lowest BCUT2D eigenvalue weighted by Gasteiger charge is -2.19. The quantitative estimate of drug-likeness (QED) is 0.599. The number of fused-ring (bicyclic) bond motifs is 1. The molecule has 0 aliphatic carbocycles. The smallest absolute Gasteiger partial charge is 0.134 e. The fraction of sp³-hybridized carbons (Fsp3) is 0.222. The molecule has 0 spiro atoms. The summed E-state index contributed by atoms with van der Waals surface area (Å²) in [5.41, 5.74) is 2.24. The van der Waals surface area contributed by atoms with Crippen LogP contribution in [0.5, 0.6) is 0 Å². The van der Waals surface area contributed by atoms with E-state index in [0.717, 1.165) is 16.7 Å². The number of para-hydroxylation sites is 1. The van der Waals surface area contributed by atoms with Gasteiger partial charge in [-0.15, -0.1) is 0 Å². The lowest BCUT2D eigenvalue weighted by molar-refractivity contribution is 0.417. The molecule has 1 heterocycles. The van der Waals surface area contributed by atoms with Crippen LogP contribution in [-0.4, -0.2) is 0 Å². The highest BCUT2D eigenvalue weighted by atomic mass is 127. The second-order valence-corrected chi connectivity index (χ2v) is 6.59. The molecule has 0 aliphatic heterocycles. The maximum Gasteiger partial charge on any atom is 0.134 e. The van der Waals surface area contributed by atoms with Crippen molar-refractivity contribution in [1.29, 1.82) is 0 Å². The predicted octanol–water partition coefficient (Wildman–Crippen LogP) is 5.45. The Kier molecular flexibility index (Phi) is 4.31. The Hall–Kier alpha value is -1.33. The lowest BCUT2D eigenvalue weighted by atomic mass is 10.1. The van der Waals surface area contributed by atoms with E-state index in [1.807, 2.05) is 18.2 Å². The van der Waals surface area contributed by atoms with Gasteiger partial charge in [-0.05, 0) is 66.3 Å². The van der Waals surface area contributed by atoms with E-state index >= 15 is 0 Å². The van der Waals surface area contributed by atoms with Crippen LogP contribution in [0.2, 0.25) is 0 Å². The van der Waals surface area contributed by atoms with Gasteiger partial charge in [0.25, 0.3) is 0 Å². The third-order valence-electron chi connectivity index (χ3n) is 3.74. The average molecular weight is 391 g/mol. The summed E-state index contributed by atoms with van der Waals surface area (Å²) in [6.07, 6.45) is 0. The molecule has 2 atom stereocenters. The standard InChI is InChI=1S/C18H18INO/c1-12(14-7-9-16(19)10-8-14)20-13(2)18-11-15-5-3-4-6-17(15)21-18/h3-13,20H,1-2H3. The van der Waals surface area contributed by atoms with Gasteiger partial charge in [-0.25, -0.2) is 0 Å². The van der Waals surface area contributed by atoms with Crippen molar-refractivity contribution >= 4 is 33.6 Å². The van der Waals surface area contributed by atoms with Crippen molar-refractivity contribution in [2.45, 2.75) is 25.9 Å². The average Bonchev–Trinajstić information content (AvgIpc) is 2.92. The van der Waals surface area contributed by atoms with E-state index in [1.54, 1.807) is 0 Å². The Labute approximate surface area is 138 Å². The lowest BCUT2D eigenvalue weighted by Crippen LogP contribution is -2.22. The molecule has 0 radical (unpaired) electrons. The van der Waals surface area contributed by atoms with Crippen molar-refractivity contribution in [3.63, 3.8) is 0 Å². The van der Waals surface area contributed by atoms with E-state index in [4.69, 9.17) is 4.42 Å². The van der Waals surface area contributed by atoms with Gasteiger partial charge in [-0.2, -0.15) is 0 Å². The Morgan fingerprint density at radius 2 is 1.67 bits per heavy atom. The number of hydrogen-bond donors (Lipinski definition) is 1. The minimum absolute atomic E-state index is 0.173. The first-order valence-corrected chi connectivity index (χ1v) is 8.21. The second kappa shape index (κ2) is 6.20. The summed E-state index contributed by atoms with van der Waals surface area (Å²) in [7, 11) is 0. The van der Waals surface area contributed by atoms with Gasteiger partial charge in [0.15, 0.2) is 0 Å². The molecular formula is C18H18INO. The predicted molar refractivity (Wildman–Crippen MR) is 95.3 cm³/mol. The maximum atomic E-state index is 5.92. The molecule has 0 bridgehead atoms. The number of nitrogens with one attached hydrogen (secondary N) is 1. The van der Waals surface area contributed by atoms with Crippen LogP contribution in [0.4, 0.5) is 0 Å². The summed E-state index contributed by atoms with van der Waals surface area (Å²) < 4.78 is 7.18. The fourth-order valence-electron chi connectivity index (χ4n) is 2.52. The van der Waals surface area contributed by atoms with Crippen LogP contribution in [0.25, 0.3) is 11.0 Å². The Balaban J connectivity index is 1.75. The molecule has 3 rings (SSSR count). The van der Waals surface area contributed by atoms with Crippen LogP contribution in [0.3, 0.4) is 0 Å². The molecule has 3 heteroatoms. The largest absolute Gasteiger partial charge is 0.459 e. The zero-order valence-corrected chi connectivity index (χ0v) is 14.3. The highest BCUT2D eigenvalue weighted by Crippen LogP contribution is 2.25. The molecule has 2 unspecified atom stereocenters. The van der Waals surface area contributed by atoms with Gasteiger partial charge < -0.3 is 9.73 Å². The molecule has 2 nitrogen and oxygen atoms in total. The number of halogens is 1. The van der Waals surface area contributed by atoms with Crippen molar-refractivity contribution in [3.8, 4) is 0 Å². The molecule has 0 aliphatic rings. The first-order valence-electron chi connectivity index (χ1n) is 7.13. The van der Waals surface area contributed by atoms with E-state index in [9.17, 15) is 0 Å². The topological polar surface area (TPSA) is 25.2 Å². The molecule has 21 heavy (non-hydrogen) atoms. The summed E-state index contributed by atoms with van der Waals surface area (Å²) in [6.45, 7) is 4.32. The molecule has 108 valence electrons. The first-order chi connectivity index (χ1) is 10.1. The van der Waals surface area contributed by atoms with E-state index in [1.165, 1.54) is 9.13 Å². The number of rotatable bonds is 4. The monoisotopic (exact) mass is 391 g/mol. The molecule has 1 aromatic heterocycles. The van der Waals surface area contributed by atoms with Gasteiger partial charge >= 0.3 is 0 Å². The minimum Gasteiger partial charge on any atom is -0.459 e. The molecular weight excluding hydrogens is 373 g/mol. The zero-order chi connectivity index (χ0) is 14.8. The van der Waals surface area contributed by atoms with Gasteiger partial charge in [0.1, 0.15) is 11.3 Å². The zero-order valence-electron chi connectivity index (χ0n) is 12.1. The van der Waals surface area contributed by atoms with Crippen LogP contribution in [-0.2, 0) is 0 Å². The Bertz CT molecular complexity index is 699. The number of furan rings is 1. The normalized spacial score (nSPS) is 14.2. The summed E-state index contributed by atoms with van der Waals surface area (Å²) in [5.74, 6) is 0.980.